The summed E-state index contributed by atoms with van der Waals surface area (Å²) in [7, 11) is 0. The van der Waals surface area contributed by atoms with Gasteiger partial charge >= 0.3 is 0 Å². The van der Waals surface area contributed by atoms with Crippen LogP contribution in [0.5, 0.6) is 0 Å². The minimum atomic E-state index is -0.489. The largest absolute Gasteiger partial charge is 0.381 e. The average molecular weight is 404 g/mol. The topological polar surface area (TPSA) is 67.6 Å². The molecule has 3 rings (SSSR count). The maximum absolute atomic E-state index is 12.8. The lowest BCUT2D eigenvalue weighted by molar-refractivity contribution is -0.130. The van der Waals surface area contributed by atoms with Crippen molar-refractivity contribution in [1.82, 2.24) is 0 Å². The second kappa shape index (κ2) is 11.0. The molecule has 0 radical (unpaired) electrons. The van der Waals surface area contributed by atoms with Gasteiger partial charge < -0.3 is 20.7 Å². The standard InChI is InChI=1S/C19H29N3O2.2ClH/c20-15-19(8-12-24-13-9-19)18(23)21-16-6-5-7-17(14-16)22-10-3-1-2-4-11-22;;/h5-7,14H,1-4,8-13,15,20H2,(H,21,23);2*1H. The fourth-order valence-corrected chi connectivity index (χ4v) is 3.66. The lowest BCUT2D eigenvalue weighted by atomic mass is 9.79. The molecule has 0 atom stereocenters. The summed E-state index contributed by atoms with van der Waals surface area (Å²) in [5.41, 5.74) is 7.50. The van der Waals surface area contributed by atoms with Crippen molar-refractivity contribution in [2.75, 3.05) is 43.1 Å². The summed E-state index contributed by atoms with van der Waals surface area (Å²) < 4.78 is 5.40. The third kappa shape index (κ3) is 5.49. The van der Waals surface area contributed by atoms with Crippen LogP contribution < -0.4 is 16.0 Å². The molecular formula is C19H31Cl2N3O2. The van der Waals surface area contributed by atoms with Crippen LogP contribution in [0.25, 0.3) is 0 Å². The Labute approximate surface area is 168 Å². The van der Waals surface area contributed by atoms with E-state index in [-0.39, 0.29) is 30.7 Å². The number of rotatable bonds is 4. The number of amides is 1. The fraction of sp³-hybridized carbons (Fsp3) is 0.632. The van der Waals surface area contributed by atoms with E-state index in [4.69, 9.17) is 10.5 Å². The first-order valence-electron chi connectivity index (χ1n) is 9.18. The van der Waals surface area contributed by atoms with Crippen molar-refractivity contribution >= 4 is 42.1 Å². The summed E-state index contributed by atoms with van der Waals surface area (Å²) in [6.07, 6.45) is 6.50. The number of anilines is 2. The third-order valence-corrected chi connectivity index (χ3v) is 5.40. The molecule has 1 aromatic rings. The van der Waals surface area contributed by atoms with Gasteiger partial charge in [0.1, 0.15) is 0 Å². The van der Waals surface area contributed by atoms with Crippen molar-refractivity contribution in [3.05, 3.63) is 24.3 Å². The van der Waals surface area contributed by atoms with Crippen LogP contribution in [0.1, 0.15) is 38.5 Å². The van der Waals surface area contributed by atoms with E-state index in [0.29, 0.717) is 32.6 Å². The van der Waals surface area contributed by atoms with Gasteiger partial charge in [0.15, 0.2) is 0 Å². The lowest BCUT2D eigenvalue weighted by Gasteiger charge is -2.34. The molecule has 2 heterocycles. The van der Waals surface area contributed by atoms with Crippen molar-refractivity contribution in [3.63, 3.8) is 0 Å². The van der Waals surface area contributed by atoms with Gasteiger partial charge in [-0.05, 0) is 43.9 Å². The maximum Gasteiger partial charge on any atom is 0.232 e. The smallest absolute Gasteiger partial charge is 0.232 e. The van der Waals surface area contributed by atoms with Crippen molar-refractivity contribution in [2.24, 2.45) is 11.1 Å². The minimum Gasteiger partial charge on any atom is -0.381 e. The summed E-state index contributed by atoms with van der Waals surface area (Å²) >= 11 is 0. The number of hydrogen-bond acceptors (Lipinski definition) is 4. The van der Waals surface area contributed by atoms with E-state index in [2.05, 4.69) is 22.3 Å². The number of benzene rings is 1. The Hall–Kier alpha value is -1.01. The van der Waals surface area contributed by atoms with Crippen molar-refractivity contribution in [3.8, 4) is 0 Å². The molecule has 0 saturated carbocycles. The molecule has 2 fully saturated rings. The molecule has 2 saturated heterocycles. The molecule has 148 valence electrons. The zero-order chi connectivity index (χ0) is 16.8. The molecule has 0 bridgehead atoms. The molecule has 26 heavy (non-hydrogen) atoms. The van der Waals surface area contributed by atoms with E-state index in [1.165, 1.54) is 31.4 Å². The molecule has 7 heteroatoms. The van der Waals surface area contributed by atoms with E-state index in [9.17, 15) is 4.79 Å². The third-order valence-electron chi connectivity index (χ3n) is 5.40. The fourth-order valence-electron chi connectivity index (χ4n) is 3.66. The second-order valence-corrected chi connectivity index (χ2v) is 7.00. The van der Waals surface area contributed by atoms with E-state index >= 15 is 0 Å². The number of hydrogen-bond donors (Lipinski definition) is 2. The second-order valence-electron chi connectivity index (χ2n) is 7.00. The van der Waals surface area contributed by atoms with E-state index in [1.54, 1.807) is 0 Å². The van der Waals surface area contributed by atoms with E-state index < -0.39 is 5.41 Å². The lowest BCUT2D eigenvalue weighted by Crippen LogP contribution is -2.46. The number of carbonyl (C=O) groups is 1. The quantitative estimate of drug-likeness (QED) is 0.805. The normalized spacial score (nSPS) is 19.5. The highest BCUT2D eigenvalue weighted by Gasteiger charge is 2.38. The number of nitrogens with two attached hydrogens (primary N) is 1. The molecule has 2 aliphatic rings. The van der Waals surface area contributed by atoms with Crippen molar-refractivity contribution < 1.29 is 9.53 Å². The molecule has 1 amide bonds. The highest BCUT2D eigenvalue weighted by Crippen LogP contribution is 2.31. The first-order chi connectivity index (χ1) is 11.7. The molecule has 5 nitrogen and oxygen atoms in total. The van der Waals surface area contributed by atoms with Gasteiger partial charge in [-0.3, -0.25) is 4.79 Å². The molecule has 3 N–H and O–H groups in total. The van der Waals surface area contributed by atoms with Crippen molar-refractivity contribution in [2.45, 2.75) is 38.5 Å². The van der Waals surface area contributed by atoms with E-state index in [1.807, 2.05) is 12.1 Å². The molecule has 0 spiro atoms. The first kappa shape index (κ1) is 23.0. The van der Waals surface area contributed by atoms with Crippen LogP contribution in [-0.4, -0.2) is 38.8 Å². The van der Waals surface area contributed by atoms with Gasteiger partial charge in [0.25, 0.3) is 0 Å². The molecule has 1 aromatic carbocycles. The highest BCUT2D eigenvalue weighted by molar-refractivity contribution is 5.96. The van der Waals surface area contributed by atoms with Gasteiger partial charge in [-0.25, -0.2) is 0 Å². The van der Waals surface area contributed by atoms with Crippen LogP contribution >= 0.6 is 24.8 Å². The highest BCUT2D eigenvalue weighted by atomic mass is 35.5. The van der Waals surface area contributed by atoms with Crippen LogP contribution in [0, 0.1) is 5.41 Å². The SMILES string of the molecule is Cl.Cl.NCC1(C(=O)Nc2cccc(N3CCCCCC3)c2)CCOCC1. The molecule has 0 aromatic heterocycles. The summed E-state index contributed by atoms with van der Waals surface area (Å²) in [4.78, 5) is 15.2. The summed E-state index contributed by atoms with van der Waals surface area (Å²) in [6.45, 7) is 3.79. The Morgan fingerprint density at radius 1 is 1.12 bits per heavy atom. The minimum absolute atomic E-state index is 0. The van der Waals surface area contributed by atoms with Crippen molar-refractivity contribution in [1.29, 1.82) is 0 Å². The summed E-state index contributed by atoms with van der Waals surface area (Å²) in [5, 5.41) is 3.10. The van der Waals surface area contributed by atoms with E-state index in [0.717, 1.165) is 18.8 Å². The predicted molar refractivity (Wildman–Crippen MR) is 112 cm³/mol. The number of nitrogens with one attached hydrogen (secondary N) is 1. The number of nitrogens with zero attached hydrogens (tertiary/aromatic N) is 1. The maximum atomic E-state index is 12.8. The van der Waals surface area contributed by atoms with Crippen LogP contribution in [0.15, 0.2) is 24.3 Å². The first-order valence-corrected chi connectivity index (χ1v) is 9.18. The number of halogens is 2. The zero-order valence-corrected chi connectivity index (χ0v) is 16.9. The van der Waals surface area contributed by atoms with Crippen LogP contribution in [0.4, 0.5) is 11.4 Å². The molecule has 2 aliphatic heterocycles. The van der Waals surface area contributed by atoms with Crippen LogP contribution in [0.2, 0.25) is 0 Å². The molecule has 0 aliphatic carbocycles. The average Bonchev–Trinajstić information content (AvgIpc) is 2.92. The van der Waals surface area contributed by atoms with Gasteiger partial charge in [-0.2, -0.15) is 0 Å². The Bertz CT molecular complexity index is 557. The van der Waals surface area contributed by atoms with Gasteiger partial charge in [0, 0.05) is 44.2 Å². The number of carbonyl (C=O) groups excluding carboxylic acids is 1. The zero-order valence-electron chi connectivity index (χ0n) is 15.2. The van der Waals surface area contributed by atoms with Gasteiger partial charge in [0.2, 0.25) is 5.91 Å². The predicted octanol–water partition coefficient (Wildman–Crippen LogP) is 3.60. The summed E-state index contributed by atoms with van der Waals surface area (Å²) in [5.74, 6) is 0.0290. The van der Waals surface area contributed by atoms with Gasteiger partial charge in [-0.1, -0.05) is 18.9 Å². The Kier molecular flexibility index (Phi) is 9.72. The summed E-state index contributed by atoms with van der Waals surface area (Å²) in [6, 6.07) is 8.21. The molecular weight excluding hydrogens is 373 g/mol. The monoisotopic (exact) mass is 403 g/mol. The van der Waals surface area contributed by atoms with Crippen LogP contribution in [0.3, 0.4) is 0 Å². The Balaban J connectivity index is 0.00000169. The molecule has 0 unspecified atom stereocenters. The Morgan fingerprint density at radius 3 is 2.38 bits per heavy atom. The van der Waals surface area contributed by atoms with Crippen LogP contribution in [-0.2, 0) is 9.53 Å². The van der Waals surface area contributed by atoms with Gasteiger partial charge in [-0.15, -0.1) is 24.8 Å². The van der Waals surface area contributed by atoms with Gasteiger partial charge in [0.05, 0.1) is 5.41 Å². The Morgan fingerprint density at radius 2 is 1.77 bits per heavy atom. The number of ether oxygens (including phenoxy) is 1.